The Labute approximate surface area is 178 Å². The van der Waals surface area contributed by atoms with Gasteiger partial charge in [0.25, 0.3) is 0 Å². The summed E-state index contributed by atoms with van der Waals surface area (Å²) in [5, 5.41) is 24.7. The lowest BCUT2D eigenvalue weighted by atomic mass is 10.0. The maximum atomic E-state index is 12.4. The topological polar surface area (TPSA) is 217 Å². The highest BCUT2D eigenvalue weighted by Gasteiger charge is 2.27. The van der Waals surface area contributed by atoms with E-state index in [1.807, 2.05) is 0 Å². The Morgan fingerprint density at radius 3 is 2.32 bits per heavy atom. The number of rotatable bonds is 13. The van der Waals surface area contributed by atoms with Gasteiger partial charge in [-0.3, -0.25) is 19.2 Å². The van der Waals surface area contributed by atoms with Gasteiger partial charge in [0.15, 0.2) is 0 Å². The Bertz CT molecular complexity index is 780. The minimum Gasteiger partial charge on any atom is -0.481 e. The molecule has 0 spiro atoms. The number of carbonyl (C=O) groups excluding carboxylic acids is 3. The van der Waals surface area contributed by atoms with Crippen LogP contribution in [0.15, 0.2) is 12.5 Å². The van der Waals surface area contributed by atoms with Gasteiger partial charge in [-0.15, -0.1) is 0 Å². The largest absolute Gasteiger partial charge is 0.481 e. The molecule has 0 fully saturated rings. The van der Waals surface area contributed by atoms with Crippen LogP contribution >= 0.6 is 0 Å². The second-order valence-corrected chi connectivity index (χ2v) is 7.23. The minimum atomic E-state index is -1.40. The van der Waals surface area contributed by atoms with Gasteiger partial charge >= 0.3 is 11.9 Å². The molecular weight excluding hydrogens is 412 g/mol. The van der Waals surface area contributed by atoms with Crippen molar-refractivity contribution in [2.24, 2.45) is 11.7 Å². The monoisotopic (exact) mass is 440 g/mol. The second kappa shape index (κ2) is 12.3. The van der Waals surface area contributed by atoms with E-state index in [-0.39, 0.29) is 18.8 Å². The van der Waals surface area contributed by atoms with Crippen molar-refractivity contribution in [3.8, 4) is 0 Å². The molecular formula is C18H28N6O7. The number of imidazole rings is 1. The first kappa shape index (κ1) is 25.6. The van der Waals surface area contributed by atoms with E-state index in [2.05, 4.69) is 25.9 Å². The van der Waals surface area contributed by atoms with E-state index in [0.717, 1.165) is 0 Å². The first-order valence-electron chi connectivity index (χ1n) is 9.56. The predicted octanol–water partition coefficient (Wildman–Crippen LogP) is -2.03. The van der Waals surface area contributed by atoms with Crippen molar-refractivity contribution in [3.63, 3.8) is 0 Å². The molecule has 3 unspecified atom stereocenters. The molecule has 1 heterocycles. The number of aromatic amines is 1. The van der Waals surface area contributed by atoms with E-state index in [9.17, 15) is 24.0 Å². The Hall–Kier alpha value is -3.48. The number of nitrogens with two attached hydrogens (primary N) is 1. The van der Waals surface area contributed by atoms with Gasteiger partial charge in [-0.05, 0) is 12.3 Å². The summed E-state index contributed by atoms with van der Waals surface area (Å²) < 4.78 is 0. The maximum absolute atomic E-state index is 12.4. The van der Waals surface area contributed by atoms with Gasteiger partial charge in [-0.25, -0.2) is 9.78 Å². The fourth-order valence-corrected chi connectivity index (χ4v) is 2.57. The van der Waals surface area contributed by atoms with Gasteiger partial charge in [-0.2, -0.15) is 0 Å². The van der Waals surface area contributed by atoms with E-state index in [4.69, 9.17) is 15.9 Å². The highest BCUT2D eigenvalue weighted by molar-refractivity contribution is 5.92. The number of carbonyl (C=O) groups is 5. The molecule has 0 aliphatic heterocycles. The lowest BCUT2D eigenvalue weighted by molar-refractivity contribution is -0.143. The number of carboxylic acids is 2. The molecule has 0 bridgehead atoms. The molecule has 0 aliphatic rings. The quantitative estimate of drug-likeness (QED) is 0.180. The second-order valence-electron chi connectivity index (χ2n) is 7.23. The summed E-state index contributed by atoms with van der Waals surface area (Å²) in [6.45, 7) is 2.84. The van der Waals surface area contributed by atoms with Crippen LogP contribution in [0.25, 0.3) is 0 Å². The summed E-state index contributed by atoms with van der Waals surface area (Å²) >= 11 is 0. The molecule has 0 saturated heterocycles. The molecule has 1 aromatic rings. The van der Waals surface area contributed by atoms with Crippen LogP contribution in [0.4, 0.5) is 0 Å². The third-order valence-corrected chi connectivity index (χ3v) is 4.28. The minimum absolute atomic E-state index is 0.188. The van der Waals surface area contributed by atoms with Gasteiger partial charge in [0.05, 0.1) is 18.9 Å². The number of carboxylic acid groups (broad SMARTS) is 2. The fraction of sp³-hybridized carbons (Fsp3) is 0.556. The fourth-order valence-electron chi connectivity index (χ4n) is 2.57. The van der Waals surface area contributed by atoms with Crippen LogP contribution < -0.4 is 21.7 Å². The number of hydrogen-bond donors (Lipinski definition) is 7. The van der Waals surface area contributed by atoms with Crippen LogP contribution in [0.1, 0.15) is 32.4 Å². The van der Waals surface area contributed by atoms with E-state index >= 15 is 0 Å². The molecule has 0 radical (unpaired) electrons. The molecule has 13 heteroatoms. The average molecular weight is 440 g/mol. The maximum Gasteiger partial charge on any atom is 0.326 e. The molecule has 172 valence electrons. The number of H-pyrrole nitrogens is 1. The molecule has 0 aromatic carbocycles. The van der Waals surface area contributed by atoms with Crippen LogP contribution in [0.3, 0.4) is 0 Å². The highest BCUT2D eigenvalue weighted by Crippen LogP contribution is 2.04. The number of nitrogens with zero attached hydrogens (tertiary/aromatic N) is 1. The van der Waals surface area contributed by atoms with Crippen molar-refractivity contribution in [2.45, 2.75) is 51.2 Å². The summed E-state index contributed by atoms with van der Waals surface area (Å²) in [4.78, 5) is 65.1. The molecule has 31 heavy (non-hydrogen) atoms. The lowest BCUT2D eigenvalue weighted by Crippen LogP contribution is -2.55. The number of aliphatic carboxylic acids is 2. The molecule has 3 amide bonds. The Morgan fingerprint density at radius 2 is 1.81 bits per heavy atom. The summed E-state index contributed by atoms with van der Waals surface area (Å²) in [6.07, 6.45) is 2.42. The Morgan fingerprint density at radius 1 is 1.13 bits per heavy atom. The first-order chi connectivity index (χ1) is 14.5. The predicted molar refractivity (Wildman–Crippen MR) is 106 cm³/mol. The molecule has 1 rings (SSSR count). The van der Waals surface area contributed by atoms with Gasteiger partial charge in [0.1, 0.15) is 12.1 Å². The average Bonchev–Trinajstić information content (AvgIpc) is 3.19. The van der Waals surface area contributed by atoms with Gasteiger partial charge in [-0.1, -0.05) is 13.8 Å². The van der Waals surface area contributed by atoms with E-state index in [0.29, 0.717) is 5.69 Å². The van der Waals surface area contributed by atoms with Crippen molar-refractivity contribution < 1.29 is 34.2 Å². The SMILES string of the molecule is CC(C)C(NC(=O)C(N)Cc1cnc[nH]1)C(=O)NCC(=O)NC(CCC(=O)O)C(=O)O. The van der Waals surface area contributed by atoms with Gasteiger partial charge in [0.2, 0.25) is 17.7 Å². The molecule has 0 aliphatic carbocycles. The number of amides is 3. The van der Waals surface area contributed by atoms with Crippen LogP contribution in [-0.4, -0.2) is 74.5 Å². The third-order valence-electron chi connectivity index (χ3n) is 4.28. The summed E-state index contributed by atoms with van der Waals surface area (Å²) in [6, 6.07) is -3.31. The summed E-state index contributed by atoms with van der Waals surface area (Å²) in [7, 11) is 0. The molecule has 8 N–H and O–H groups in total. The molecule has 3 atom stereocenters. The van der Waals surface area contributed by atoms with E-state index in [1.165, 1.54) is 12.5 Å². The Balaban J connectivity index is 2.58. The zero-order valence-electron chi connectivity index (χ0n) is 17.3. The van der Waals surface area contributed by atoms with Crippen molar-refractivity contribution in [3.05, 3.63) is 18.2 Å². The van der Waals surface area contributed by atoms with E-state index < -0.39 is 60.8 Å². The standard InChI is InChI=1S/C18H28N6O7/c1-9(2)15(24-16(28)11(19)5-10-6-20-8-22-10)17(29)21-7-13(25)23-12(18(30)31)3-4-14(26)27/h6,8-9,11-12,15H,3-5,7,19H2,1-2H3,(H,20,22)(H,21,29)(H,23,25)(H,24,28)(H,26,27)(H,30,31). The van der Waals surface area contributed by atoms with Gasteiger partial charge in [0, 0.05) is 24.7 Å². The van der Waals surface area contributed by atoms with Crippen LogP contribution in [0, 0.1) is 5.92 Å². The zero-order valence-corrected chi connectivity index (χ0v) is 17.3. The van der Waals surface area contributed by atoms with Crippen LogP contribution in [0.2, 0.25) is 0 Å². The van der Waals surface area contributed by atoms with E-state index in [1.54, 1.807) is 13.8 Å². The molecule has 0 saturated carbocycles. The van der Waals surface area contributed by atoms with Gasteiger partial charge < -0.3 is 36.9 Å². The number of nitrogens with one attached hydrogen (secondary N) is 4. The zero-order chi connectivity index (χ0) is 23.6. The highest BCUT2D eigenvalue weighted by atomic mass is 16.4. The Kier molecular flexibility index (Phi) is 10.1. The van der Waals surface area contributed by atoms with Crippen molar-refractivity contribution >= 4 is 29.7 Å². The van der Waals surface area contributed by atoms with Crippen molar-refractivity contribution in [1.82, 2.24) is 25.9 Å². The molecule has 13 nitrogen and oxygen atoms in total. The summed E-state index contributed by atoms with van der Waals surface area (Å²) in [5.41, 5.74) is 6.51. The van der Waals surface area contributed by atoms with Crippen LogP contribution in [-0.2, 0) is 30.4 Å². The van der Waals surface area contributed by atoms with Crippen LogP contribution in [0.5, 0.6) is 0 Å². The summed E-state index contributed by atoms with van der Waals surface area (Å²) in [5.74, 6) is -4.93. The first-order valence-corrected chi connectivity index (χ1v) is 9.56. The number of aromatic nitrogens is 2. The lowest BCUT2D eigenvalue weighted by Gasteiger charge is -2.23. The normalized spacial score (nSPS) is 13.7. The smallest absolute Gasteiger partial charge is 0.326 e. The van der Waals surface area contributed by atoms with Crippen molar-refractivity contribution in [2.75, 3.05) is 6.54 Å². The molecule has 1 aromatic heterocycles. The number of hydrogen-bond acceptors (Lipinski definition) is 7. The third kappa shape index (κ3) is 9.25. The van der Waals surface area contributed by atoms with Crippen molar-refractivity contribution in [1.29, 1.82) is 0 Å².